The molecule has 0 spiro atoms. The zero-order chi connectivity index (χ0) is 7.68. The molecule has 3 nitrogen and oxygen atoms in total. The van der Waals surface area contributed by atoms with E-state index in [4.69, 9.17) is 4.74 Å². The second-order valence-corrected chi connectivity index (χ2v) is 4.50. The first-order valence-electron chi connectivity index (χ1n) is 4.09. The Labute approximate surface area is 81.2 Å². The van der Waals surface area contributed by atoms with Crippen LogP contribution >= 0.6 is 22.9 Å². The Kier molecular flexibility index (Phi) is 2.65. The van der Waals surface area contributed by atoms with E-state index in [1.807, 2.05) is 0 Å². The largest absolute Gasteiger partial charge is 0.378 e. The molecule has 2 rings (SSSR count). The van der Waals surface area contributed by atoms with E-state index < -0.39 is 0 Å². The molecule has 0 aliphatic carbocycles. The highest BCUT2D eigenvalue weighted by molar-refractivity contribution is 14.1. The van der Waals surface area contributed by atoms with E-state index in [2.05, 4.69) is 30.9 Å². The molecule has 0 unspecified atom stereocenters. The maximum atomic E-state index is 5.42. The predicted octanol–water partition coefficient (Wildman–Crippen LogP) is 0.353. The highest BCUT2D eigenvalue weighted by Gasteiger charge is 2.28. The first kappa shape index (κ1) is 8.22. The second kappa shape index (κ2) is 3.55. The van der Waals surface area contributed by atoms with Crippen LogP contribution < -0.4 is 0 Å². The summed E-state index contributed by atoms with van der Waals surface area (Å²) in [6.45, 7) is 6.58. The van der Waals surface area contributed by atoms with Crippen LogP contribution in [0.2, 0.25) is 0 Å². The van der Waals surface area contributed by atoms with Gasteiger partial charge in [-0.15, -0.1) is 0 Å². The van der Waals surface area contributed by atoms with Gasteiger partial charge in [-0.25, -0.2) is 3.11 Å². The molecule has 0 radical (unpaired) electrons. The quantitative estimate of drug-likeness (QED) is 0.466. The molecule has 2 aliphatic rings. The smallest absolute Gasteiger partial charge is 0.0635 e. The monoisotopic (exact) mass is 268 g/mol. The van der Waals surface area contributed by atoms with E-state index in [1.165, 1.54) is 19.6 Å². The van der Waals surface area contributed by atoms with Crippen molar-refractivity contribution in [2.24, 2.45) is 0 Å². The summed E-state index contributed by atoms with van der Waals surface area (Å²) >= 11 is 2.40. The Balaban J connectivity index is 1.93. The van der Waals surface area contributed by atoms with E-state index in [-0.39, 0.29) is 0 Å². The van der Waals surface area contributed by atoms with Gasteiger partial charge >= 0.3 is 0 Å². The first-order valence-corrected chi connectivity index (χ1v) is 5.05. The van der Waals surface area contributed by atoms with Gasteiger partial charge in [0.2, 0.25) is 0 Å². The summed E-state index contributed by atoms with van der Waals surface area (Å²) in [5.41, 5.74) is 0. The molecule has 0 aromatic carbocycles. The van der Waals surface area contributed by atoms with Crippen LogP contribution in [0.5, 0.6) is 0 Å². The van der Waals surface area contributed by atoms with Crippen LogP contribution in [0.1, 0.15) is 0 Å². The van der Waals surface area contributed by atoms with Crippen molar-refractivity contribution < 1.29 is 4.74 Å². The maximum absolute atomic E-state index is 5.42. The van der Waals surface area contributed by atoms with Gasteiger partial charge in [-0.3, -0.25) is 4.90 Å². The van der Waals surface area contributed by atoms with Gasteiger partial charge < -0.3 is 4.74 Å². The van der Waals surface area contributed by atoms with E-state index in [1.54, 1.807) is 0 Å². The fraction of sp³-hybridized carbons (Fsp3) is 1.00. The van der Waals surface area contributed by atoms with Gasteiger partial charge in [-0.1, -0.05) is 0 Å². The van der Waals surface area contributed by atoms with Crippen molar-refractivity contribution in [3.8, 4) is 0 Å². The lowest BCUT2D eigenvalue weighted by Crippen LogP contribution is -2.55. The lowest BCUT2D eigenvalue weighted by molar-refractivity contribution is -0.0266. The Morgan fingerprint density at radius 2 is 2.18 bits per heavy atom. The van der Waals surface area contributed by atoms with E-state index >= 15 is 0 Å². The third-order valence-corrected chi connectivity index (χ3v) is 3.26. The maximum Gasteiger partial charge on any atom is 0.0635 e. The highest BCUT2D eigenvalue weighted by Crippen LogP contribution is 2.15. The third kappa shape index (κ3) is 1.85. The Hall–Kier alpha value is 0.610. The van der Waals surface area contributed by atoms with Gasteiger partial charge in [-0.2, -0.15) is 0 Å². The number of morpholine rings is 1. The van der Waals surface area contributed by atoms with Crippen molar-refractivity contribution in [3.63, 3.8) is 0 Å². The van der Waals surface area contributed by atoms with E-state index in [0.717, 1.165) is 19.8 Å². The van der Waals surface area contributed by atoms with Crippen molar-refractivity contribution in [3.05, 3.63) is 0 Å². The summed E-state index contributed by atoms with van der Waals surface area (Å²) in [5.74, 6) is 0. The molecule has 0 aromatic heterocycles. The highest BCUT2D eigenvalue weighted by atomic mass is 127. The zero-order valence-corrected chi connectivity index (χ0v) is 8.66. The fourth-order valence-electron chi connectivity index (χ4n) is 1.71. The van der Waals surface area contributed by atoms with Crippen LogP contribution in [0, 0.1) is 0 Å². The summed E-state index contributed by atoms with van der Waals surface area (Å²) in [4.78, 5) is 2.54. The Bertz CT molecular complexity index is 144. The number of hydrogen-bond acceptors (Lipinski definition) is 3. The number of nitrogens with zero attached hydrogens (tertiary/aromatic N) is 2. The number of fused-ring (bicyclic) bond motifs is 1. The molecular weight excluding hydrogens is 255 g/mol. The molecule has 2 saturated heterocycles. The van der Waals surface area contributed by atoms with Crippen LogP contribution in [-0.2, 0) is 4.74 Å². The average Bonchev–Trinajstić information content (AvgIpc) is 2.04. The number of hydrogen-bond donors (Lipinski definition) is 0. The van der Waals surface area contributed by atoms with Crippen LogP contribution in [0.25, 0.3) is 0 Å². The molecule has 11 heavy (non-hydrogen) atoms. The molecule has 0 aromatic rings. The molecule has 0 bridgehead atoms. The van der Waals surface area contributed by atoms with Gasteiger partial charge in [0, 0.05) is 55.1 Å². The summed E-state index contributed by atoms with van der Waals surface area (Å²) in [6, 6.07) is 0.661. The summed E-state index contributed by atoms with van der Waals surface area (Å²) in [6.07, 6.45) is 0. The third-order valence-electron chi connectivity index (χ3n) is 2.39. The van der Waals surface area contributed by atoms with Crippen molar-refractivity contribution in [2.45, 2.75) is 6.04 Å². The lowest BCUT2D eigenvalue weighted by Gasteiger charge is -2.41. The topological polar surface area (TPSA) is 15.7 Å². The summed E-state index contributed by atoms with van der Waals surface area (Å²) in [7, 11) is 0. The predicted molar refractivity (Wildman–Crippen MR) is 51.8 cm³/mol. The van der Waals surface area contributed by atoms with Crippen molar-refractivity contribution >= 4 is 22.9 Å². The van der Waals surface area contributed by atoms with E-state index in [0.29, 0.717) is 6.04 Å². The minimum Gasteiger partial charge on any atom is -0.378 e. The van der Waals surface area contributed by atoms with Crippen LogP contribution in [0.15, 0.2) is 0 Å². The minimum atomic E-state index is 0.661. The SMILES string of the molecule is IN1CCN2CCOC[C@@H]2C1. The lowest BCUT2D eigenvalue weighted by atomic mass is 10.2. The fourth-order valence-corrected chi connectivity index (χ4v) is 2.38. The number of ether oxygens (including phenoxy) is 1. The summed E-state index contributed by atoms with van der Waals surface area (Å²) < 4.78 is 7.77. The molecule has 4 heteroatoms. The molecule has 0 amide bonds. The summed E-state index contributed by atoms with van der Waals surface area (Å²) in [5, 5.41) is 0. The van der Waals surface area contributed by atoms with Gasteiger partial charge in [0.15, 0.2) is 0 Å². The van der Waals surface area contributed by atoms with Gasteiger partial charge in [0.05, 0.1) is 13.2 Å². The van der Waals surface area contributed by atoms with Crippen molar-refractivity contribution in [1.29, 1.82) is 0 Å². The van der Waals surface area contributed by atoms with Gasteiger partial charge in [0.25, 0.3) is 0 Å². The van der Waals surface area contributed by atoms with Crippen molar-refractivity contribution in [1.82, 2.24) is 8.01 Å². The molecule has 0 N–H and O–H groups in total. The number of rotatable bonds is 0. The minimum absolute atomic E-state index is 0.661. The molecule has 64 valence electrons. The molecule has 1 atom stereocenters. The van der Waals surface area contributed by atoms with Gasteiger partial charge in [-0.05, 0) is 0 Å². The molecule has 2 fully saturated rings. The van der Waals surface area contributed by atoms with Crippen LogP contribution in [0.4, 0.5) is 0 Å². The first-order chi connectivity index (χ1) is 5.36. The average molecular weight is 268 g/mol. The Morgan fingerprint density at radius 3 is 3.09 bits per heavy atom. The zero-order valence-electron chi connectivity index (χ0n) is 6.50. The molecule has 0 saturated carbocycles. The molecule has 2 heterocycles. The van der Waals surface area contributed by atoms with Crippen LogP contribution in [-0.4, -0.2) is 53.4 Å². The van der Waals surface area contributed by atoms with Crippen LogP contribution in [0.3, 0.4) is 0 Å². The van der Waals surface area contributed by atoms with Crippen molar-refractivity contribution in [2.75, 3.05) is 39.4 Å². The Morgan fingerprint density at radius 1 is 1.27 bits per heavy atom. The molecule has 2 aliphatic heterocycles. The van der Waals surface area contributed by atoms with E-state index in [9.17, 15) is 0 Å². The normalized spacial score (nSPS) is 35.2. The standard InChI is InChI=1S/C7H13IN2O/c8-10-2-1-9-3-4-11-6-7(9)5-10/h7H,1-6H2/t7-/m0/s1. The molecular formula is C7H13IN2O. The number of piperazine rings is 1. The second-order valence-electron chi connectivity index (χ2n) is 3.13. The number of halogens is 1. The van der Waals surface area contributed by atoms with Gasteiger partial charge in [0.1, 0.15) is 0 Å².